The highest BCUT2D eigenvalue weighted by atomic mass is 32.1. The number of amides is 2. The standard InChI is InChI=1S/C18H21N3O5S/c1-11(2)21(17(25)12-4-6-14(26-3)7-5-12)9-15(22)20-18-19-13(10-27-18)8-16(23)24/h4-7,10-11H,8-9H2,1-3H3,(H,23,24)(H,19,20,22)/p-1. The van der Waals surface area contributed by atoms with Crippen molar-refractivity contribution < 1.29 is 24.2 Å². The fourth-order valence-corrected chi connectivity index (χ4v) is 3.02. The van der Waals surface area contributed by atoms with E-state index in [9.17, 15) is 19.5 Å². The lowest BCUT2D eigenvalue weighted by Gasteiger charge is -2.26. The zero-order chi connectivity index (χ0) is 20.0. The van der Waals surface area contributed by atoms with Crippen LogP contribution < -0.4 is 15.2 Å². The van der Waals surface area contributed by atoms with Crippen LogP contribution in [-0.4, -0.2) is 47.4 Å². The third kappa shape index (κ3) is 5.78. The highest BCUT2D eigenvalue weighted by Crippen LogP contribution is 2.17. The van der Waals surface area contributed by atoms with Crippen molar-refractivity contribution in [2.24, 2.45) is 0 Å². The molecule has 0 aliphatic rings. The second-order valence-electron chi connectivity index (χ2n) is 6.00. The maximum absolute atomic E-state index is 12.7. The van der Waals surface area contributed by atoms with Crippen LogP contribution in [0.4, 0.5) is 5.13 Å². The fourth-order valence-electron chi connectivity index (χ4n) is 2.30. The predicted octanol–water partition coefficient (Wildman–Crippen LogP) is 0.933. The van der Waals surface area contributed by atoms with E-state index < -0.39 is 11.9 Å². The SMILES string of the molecule is COc1ccc(C(=O)N(CC(=O)Nc2nc(CC(=O)[O-])cs2)C(C)C)cc1. The summed E-state index contributed by atoms with van der Waals surface area (Å²) in [4.78, 5) is 41.1. The third-order valence-corrected chi connectivity index (χ3v) is 4.47. The van der Waals surface area contributed by atoms with Gasteiger partial charge < -0.3 is 24.9 Å². The molecule has 0 saturated carbocycles. The molecule has 1 N–H and O–H groups in total. The van der Waals surface area contributed by atoms with Crippen molar-refractivity contribution in [3.05, 3.63) is 40.9 Å². The summed E-state index contributed by atoms with van der Waals surface area (Å²) in [5.74, 6) is -1.30. The molecule has 0 aliphatic carbocycles. The molecule has 0 aliphatic heterocycles. The Hall–Kier alpha value is -2.94. The van der Waals surface area contributed by atoms with Gasteiger partial charge in [0, 0.05) is 29.4 Å². The Labute approximate surface area is 160 Å². The van der Waals surface area contributed by atoms with Crippen molar-refractivity contribution >= 4 is 34.3 Å². The lowest BCUT2D eigenvalue weighted by atomic mass is 10.1. The number of anilines is 1. The molecule has 0 unspecified atom stereocenters. The number of methoxy groups -OCH3 is 1. The Morgan fingerprint density at radius 3 is 2.48 bits per heavy atom. The molecule has 1 heterocycles. The van der Waals surface area contributed by atoms with Gasteiger partial charge in [-0.1, -0.05) is 0 Å². The van der Waals surface area contributed by atoms with E-state index in [0.29, 0.717) is 17.0 Å². The monoisotopic (exact) mass is 390 g/mol. The summed E-state index contributed by atoms with van der Waals surface area (Å²) in [6, 6.07) is 6.44. The van der Waals surface area contributed by atoms with Gasteiger partial charge in [-0.25, -0.2) is 4.98 Å². The number of ether oxygens (including phenoxy) is 1. The minimum absolute atomic E-state index is 0.155. The van der Waals surface area contributed by atoms with Crippen LogP contribution in [0, 0.1) is 0 Å². The van der Waals surface area contributed by atoms with Gasteiger partial charge in [-0.3, -0.25) is 9.59 Å². The van der Waals surface area contributed by atoms with Gasteiger partial charge in [0.15, 0.2) is 5.13 Å². The van der Waals surface area contributed by atoms with Crippen molar-refractivity contribution in [2.75, 3.05) is 19.0 Å². The molecule has 2 amide bonds. The molecule has 0 spiro atoms. The van der Waals surface area contributed by atoms with E-state index in [1.807, 2.05) is 13.8 Å². The number of thiazole rings is 1. The number of nitrogens with one attached hydrogen (secondary N) is 1. The third-order valence-electron chi connectivity index (χ3n) is 3.66. The van der Waals surface area contributed by atoms with Gasteiger partial charge in [0.05, 0.1) is 12.8 Å². The largest absolute Gasteiger partial charge is 0.550 e. The van der Waals surface area contributed by atoms with Crippen LogP contribution >= 0.6 is 11.3 Å². The van der Waals surface area contributed by atoms with Crippen molar-refractivity contribution in [3.63, 3.8) is 0 Å². The molecule has 8 nitrogen and oxygen atoms in total. The molecule has 0 atom stereocenters. The molecule has 27 heavy (non-hydrogen) atoms. The van der Waals surface area contributed by atoms with E-state index in [4.69, 9.17) is 4.74 Å². The summed E-state index contributed by atoms with van der Waals surface area (Å²) < 4.78 is 5.08. The zero-order valence-electron chi connectivity index (χ0n) is 15.2. The normalized spacial score (nSPS) is 10.5. The van der Waals surface area contributed by atoms with Crippen LogP contribution in [-0.2, 0) is 16.0 Å². The fraction of sp³-hybridized carbons (Fsp3) is 0.333. The molecule has 0 saturated heterocycles. The number of aliphatic carboxylic acids is 1. The van der Waals surface area contributed by atoms with E-state index >= 15 is 0 Å². The van der Waals surface area contributed by atoms with Crippen molar-refractivity contribution in [1.29, 1.82) is 0 Å². The van der Waals surface area contributed by atoms with Crippen molar-refractivity contribution in [3.8, 4) is 5.75 Å². The second-order valence-corrected chi connectivity index (χ2v) is 6.85. The second kappa shape index (κ2) is 9.13. The molecule has 2 rings (SSSR count). The van der Waals surface area contributed by atoms with Crippen molar-refractivity contribution in [2.45, 2.75) is 26.3 Å². The van der Waals surface area contributed by atoms with Gasteiger partial charge >= 0.3 is 0 Å². The molecule has 1 aromatic carbocycles. The summed E-state index contributed by atoms with van der Waals surface area (Å²) in [5, 5.41) is 15.0. The van der Waals surface area contributed by atoms with E-state index in [1.165, 1.54) is 10.3 Å². The van der Waals surface area contributed by atoms with Crippen LogP contribution in [0.25, 0.3) is 0 Å². The molecule has 2 aromatic rings. The van der Waals surface area contributed by atoms with Gasteiger partial charge in [-0.2, -0.15) is 0 Å². The molecule has 0 fully saturated rings. The van der Waals surface area contributed by atoms with Gasteiger partial charge in [0.2, 0.25) is 5.91 Å². The first-order valence-corrected chi connectivity index (χ1v) is 9.07. The van der Waals surface area contributed by atoms with Gasteiger partial charge in [0.1, 0.15) is 12.3 Å². The lowest BCUT2D eigenvalue weighted by molar-refractivity contribution is -0.304. The Balaban J connectivity index is 2.03. The smallest absolute Gasteiger partial charge is 0.254 e. The summed E-state index contributed by atoms with van der Waals surface area (Å²) in [6.45, 7) is 3.48. The summed E-state index contributed by atoms with van der Waals surface area (Å²) in [5.41, 5.74) is 0.758. The minimum atomic E-state index is -1.24. The maximum Gasteiger partial charge on any atom is 0.254 e. The number of carboxylic acids is 1. The van der Waals surface area contributed by atoms with E-state index in [0.717, 1.165) is 11.3 Å². The minimum Gasteiger partial charge on any atom is -0.550 e. The van der Waals surface area contributed by atoms with E-state index in [2.05, 4.69) is 10.3 Å². The Morgan fingerprint density at radius 1 is 1.26 bits per heavy atom. The van der Waals surface area contributed by atoms with Gasteiger partial charge in [0.25, 0.3) is 5.91 Å². The highest BCUT2D eigenvalue weighted by Gasteiger charge is 2.22. The number of hydrogen-bond acceptors (Lipinski definition) is 7. The van der Waals surface area contributed by atoms with Crippen LogP contribution in [0.5, 0.6) is 5.75 Å². The zero-order valence-corrected chi connectivity index (χ0v) is 16.0. The topological polar surface area (TPSA) is 112 Å². The first-order chi connectivity index (χ1) is 12.8. The van der Waals surface area contributed by atoms with E-state index in [-0.39, 0.29) is 30.0 Å². The number of rotatable bonds is 8. The Kier molecular flexibility index (Phi) is 6.89. The quantitative estimate of drug-likeness (QED) is 0.718. The number of aromatic nitrogens is 1. The maximum atomic E-state index is 12.7. The Bertz CT molecular complexity index is 817. The van der Waals surface area contributed by atoms with Crippen LogP contribution in [0.2, 0.25) is 0 Å². The first-order valence-electron chi connectivity index (χ1n) is 8.19. The Morgan fingerprint density at radius 2 is 1.93 bits per heavy atom. The molecular formula is C18H20N3O5S-. The molecule has 1 aromatic heterocycles. The average molecular weight is 390 g/mol. The lowest BCUT2D eigenvalue weighted by Crippen LogP contribution is -2.42. The average Bonchev–Trinajstić information content (AvgIpc) is 3.04. The molecular weight excluding hydrogens is 370 g/mol. The number of carboxylic acid groups (broad SMARTS) is 1. The number of carbonyl (C=O) groups is 3. The number of benzene rings is 1. The van der Waals surface area contributed by atoms with E-state index in [1.54, 1.807) is 31.4 Å². The molecule has 0 radical (unpaired) electrons. The summed E-state index contributed by atoms with van der Waals surface area (Å²) in [6.07, 6.45) is -0.319. The first kappa shape index (κ1) is 20.4. The van der Waals surface area contributed by atoms with Gasteiger partial charge in [-0.15, -0.1) is 11.3 Å². The van der Waals surface area contributed by atoms with Crippen LogP contribution in [0.3, 0.4) is 0 Å². The molecule has 0 bridgehead atoms. The number of carbonyl (C=O) groups excluding carboxylic acids is 3. The number of hydrogen-bond donors (Lipinski definition) is 1. The molecule has 9 heteroatoms. The van der Waals surface area contributed by atoms with Crippen molar-refractivity contribution in [1.82, 2.24) is 9.88 Å². The summed E-state index contributed by atoms with van der Waals surface area (Å²) >= 11 is 1.11. The predicted molar refractivity (Wildman–Crippen MR) is 98.6 cm³/mol. The molecule has 144 valence electrons. The summed E-state index contributed by atoms with van der Waals surface area (Å²) in [7, 11) is 1.54. The number of nitrogens with zero attached hydrogens (tertiary/aromatic N) is 2. The van der Waals surface area contributed by atoms with Crippen LogP contribution in [0.1, 0.15) is 29.9 Å². The van der Waals surface area contributed by atoms with Crippen LogP contribution in [0.15, 0.2) is 29.6 Å². The highest BCUT2D eigenvalue weighted by molar-refractivity contribution is 7.13. The van der Waals surface area contributed by atoms with Gasteiger partial charge in [-0.05, 0) is 38.1 Å².